The van der Waals surface area contributed by atoms with E-state index in [1.165, 1.54) is 0 Å². The molecule has 0 aromatic carbocycles. The van der Waals surface area contributed by atoms with Gasteiger partial charge in [0.15, 0.2) is 0 Å². The van der Waals surface area contributed by atoms with Crippen LogP contribution in [0.5, 0.6) is 0 Å². The maximum Gasteiger partial charge on any atom is 0.236 e. The van der Waals surface area contributed by atoms with Crippen LogP contribution in [0.1, 0.15) is 20.8 Å². The first kappa shape index (κ1) is 19.1. The lowest BCUT2D eigenvalue weighted by molar-refractivity contribution is -0.133. The number of piperazine rings is 1. The van der Waals surface area contributed by atoms with Gasteiger partial charge in [-0.1, -0.05) is 0 Å². The Hall–Kier alpha value is -0.850. The molecule has 2 amide bonds. The lowest BCUT2D eigenvalue weighted by atomic mass is 10.1. The number of nitrogens with zero attached hydrogens (tertiary/aromatic N) is 2. The first-order valence-corrected chi connectivity index (χ1v) is 6.76. The second-order valence-electron chi connectivity index (χ2n) is 6.10. The molecule has 0 radical (unpaired) electrons. The SMILES string of the molecule is CN(CC(=O)NC(C)(C)C)CC(=O)N1CCNCC1.Cl. The van der Waals surface area contributed by atoms with Gasteiger partial charge in [0.1, 0.15) is 0 Å². The Morgan fingerprint density at radius 2 is 1.75 bits per heavy atom. The third kappa shape index (κ3) is 7.67. The molecule has 1 heterocycles. The molecule has 118 valence electrons. The summed E-state index contributed by atoms with van der Waals surface area (Å²) in [5.41, 5.74) is -0.236. The molecule has 20 heavy (non-hydrogen) atoms. The van der Waals surface area contributed by atoms with E-state index in [2.05, 4.69) is 10.6 Å². The number of carbonyl (C=O) groups excluding carboxylic acids is 2. The van der Waals surface area contributed by atoms with Crippen LogP contribution in [0.3, 0.4) is 0 Å². The maximum atomic E-state index is 12.0. The van der Waals surface area contributed by atoms with Gasteiger partial charge in [-0.15, -0.1) is 12.4 Å². The predicted octanol–water partition coefficient (Wildman–Crippen LogP) is -0.313. The predicted molar refractivity (Wildman–Crippen MR) is 82.1 cm³/mol. The van der Waals surface area contributed by atoms with E-state index < -0.39 is 0 Å². The number of rotatable bonds is 4. The van der Waals surface area contributed by atoms with Crippen LogP contribution >= 0.6 is 12.4 Å². The minimum atomic E-state index is -0.236. The largest absolute Gasteiger partial charge is 0.350 e. The van der Waals surface area contributed by atoms with Crippen LogP contribution in [0.4, 0.5) is 0 Å². The first-order valence-electron chi connectivity index (χ1n) is 6.76. The molecule has 2 N–H and O–H groups in total. The van der Waals surface area contributed by atoms with E-state index in [-0.39, 0.29) is 42.8 Å². The van der Waals surface area contributed by atoms with E-state index in [0.29, 0.717) is 0 Å². The molecular weight excluding hydrogens is 280 g/mol. The molecule has 1 fully saturated rings. The number of hydrogen-bond acceptors (Lipinski definition) is 4. The highest BCUT2D eigenvalue weighted by Crippen LogP contribution is 1.99. The monoisotopic (exact) mass is 306 g/mol. The standard InChI is InChI=1S/C13H26N4O2.ClH/c1-13(2,3)15-11(18)9-16(4)10-12(19)17-7-5-14-6-8-17;/h14H,5-10H2,1-4H3,(H,15,18);1H. The van der Waals surface area contributed by atoms with Crippen LogP contribution in [0.15, 0.2) is 0 Å². The van der Waals surface area contributed by atoms with Crippen molar-refractivity contribution in [3.8, 4) is 0 Å². The molecule has 0 aromatic heterocycles. The molecule has 0 atom stereocenters. The van der Waals surface area contributed by atoms with Crippen molar-refractivity contribution in [3.63, 3.8) is 0 Å². The summed E-state index contributed by atoms with van der Waals surface area (Å²) in [6, 6.07) is 0. The molecular formula is C13H27ClN4O2. The van der Waals surface area contributed by atoms with Crippen LogP contribution in [-0.2, 0) is 9.59 Å². The number of hydrogen-bond donors (Lipinski definition) is 2. The van der Waals surface area contributed by atoms with Crippen molar-refractivity contribution in [1.82, 2.24) is 20.4 Å². The summed E-state index contributed by atoms with van der Waals surface area (Å²) in [6.07, 6.45) is 0. The highest BCUT2D eigenvalue weighted by Gasteiger charge is 2.20. The number of likely N-dealkylation sites (N-methyl/N-ethyl adjacent to an activating group) is 1. The summed E-state index contributed by atoms with van der Waals surface area (Å²) in [5, 5.41) is 6.10. The summed E-state index contributed by atoms with van der Waals surface area (Å²) >= 11 is 0. The van der Waals surface area contributed by atoms with Crippen molar-refractivity contribution in [1.29, 1.82) is 0 Å². The number of halogens is 1. The Morgan fingerprint density at radius 3 is 2.25 bits per heavy atom. The molecule has 0 unspecified atom stereocenters. The molecule has 0 spiro atoms. The van der Waals surface area contributed by atoms with Gasteiger partial charge in [-0.05, 0) is 27.8 Å². The van der Waals surface area contributed by atoms with Crippen molar-refractivity contribution in [2.45, 2.75) is 26.3 Å². The van der Waals surface area contributed by atoms with E-state index in [4.69, 9.17) is 0 Å². The topological polar surface area (TPSA) is 64.7 Å². The molecule has 0 saturated carbocycles. The Balaban J connectivity index is 0.00000361. The second kappa shape index (κ2) is 8.44. The van der Waals surface area contributed by atoms with Crippen molar-refractivity contribution >= 4 is 24.2 Å². The summed E-state index contributed by atoms with van der Waals surface area (Å²) in [5.74, 6) is 0.0377. The quantitative estimate of drug-likeness (QED) is 0.748. The van der Waals surface area contributed by atoms with E-state index in [0.717, 1.165) is 26.2 Å². The minimum absolute atomic E-state index is 0. The van der Waals surface area contributed by atoms with E-state index in [9.17, 15) is 9.59 Å². The van der Waals surface area contributed by atoms with E-state index in [1.807, 2.05) is 25.7 Å². The molecule has 1 aliphatic heterocycles. The molecule has 1 saturated heterocycles. The highest BCUT2D eigenvalue weighted by molar-refractivity contribution is 5.85. The van der Waals surface area contributed by atoms with Crippen molar-refractivity contribution in [2.24, 2.45) is 0 Å². The van der Waals surface area contributed by atoms with E-state index >= 15 is 0 Å². The normalized spacial score (nSPS) is 15.8. The number of amides is 2. The van der Waals surface area contributed by atoms with Crippen LogP contribution in [-0.4, -0.2) is 73.5 Å². The number of nitrogens with one attached hydrogen (secondary N) is 2. The fourth-order valence-corrected chi connectivity index (χ4v) is 2.00. The molecule has 7 heteroatoms. The number of carbonyl (C=O) groups is 2. The zero-order valence-electron chi connectivity index (χ0n) is 12.9. The molecule has 0 aromatic rings. The summed E-state index contributed by atoms with van der Waals surface area (Å²) in [4.78, 5) is 27.3. The Morgan fingerprint density at radius 1 is 1.20 bits per heavy atom. The Bertz CT molecular complexity index is 325. The molecule has 6 nitrogen and oxygen atoms in total. The van der Waals surface area contributed by atoms with Crippen molar-refractivity contribution < 1.29 is 9.59 Å². The van der Waals surface area contributed by atoms with Crippen LogP contribution in [0.25, 0.3) is 0 Å². The third-order valence-electron chi connectivity index (χ3n) is 2.80. The average molecular weight is 307 g/mol. The first-order chi connectivity index (χ1) is 8.78. The zero-order valence-corrected chi connectivity index (χ0v) is 13.7. The van der Waals surface area contributed by atoms with Gasteiger partial charge < -0.3 is 15.5 Å². The van der Waals surface area contributed by atoms with Crippen molar-refractivity contribution in [2.75, 3.05) is 46.3 Å². The van der Waals surface area contributed by atoms with Gasteiger partial charge >= 0.3 is 0 Å². The lowest BCUT2D eigenvalue weighted by Crippen LogP contribution is -2.50. The fraction of sp³-hybridized carbons (Fsp3) is 0.846. The second-order valence-corrected chi connectivity index (χ2v) is 6.10. The maximum absolute atomic E-state index is 12.0. The van der Waals surface area contributed by atoms with Gasteiger partial charge in [-0.25, -0.2) is 0 Å². The lowest BCUT2D eigenvalue weighted by Gasteiger charge is -2.29. The van der Waals surface area contributed by atoms with Crippen LogP contribution in [0.2, 0.25) is 0 Å². The van der Waals surface area contributed by atoms with Crippen LogP contribution < -0.4 is 10.6 Å². The fourth-order valence-electron chi connectivity index (χ4n) is 2.00. The molecule has 1 aliphatic rings. The minimum Gasteiger partial charge on any atom is -0.350 e. The third-order valence-corrected chi connectivity index (χ3v) is 2.80. The Kier molecular flexibility index (Phi) is 8.08. The van der Waals surface area contributed by atoms with Gasteiger partial charge in [-0.2, -0.15) is 0 Å². The molecule has 0 aliphatic carbocycles. The van der Waals surface area contributed by atoms with Crippen molar-refractivity contribution in [3.05, 3.63) is 0 Å². The Labute approximate surface area is 127 Å². The molecule has 1 rings (SSSR count). The smallest absolute Gasteiger partial charge is 0.236 e. The summed E-state index contributed by atoms with van der Waals surface area (Å²) in [7, 11) is 1.79. The average Bonchev–Trinajstić information content (AvgIpc) is 2.27. The zero-order chi connectivity index (χ0) is 14.5. The molecule has 0 bridgehead atoms. The van der Waals surface area contributed by atoms with E-state index in [1.54, 1.807) is 11.9 Å². The van der Waals surface area contributed by atoms with Gasteiger partial charge in [0, 0.05) is 31.7 Å². The van der Waals surface area contributed by atoms with Crippen LogP contribution in [0, 0.1) is 0 Å². The van der Waals surface area contributed by atoms with Gasteiger partial charge in [-0.3, -0.25) is 14.5 Å². The van der Waals surface area contributed by atoms with Gasteiger partial charge in [0.05, 0.1) is 13.1 Å². The summed E-state index contributed by atoms with van der Waals surface area (Å²) in [6.45, 7) is 9.55. The summed E-state index contributed by atoms with van der Waals surface area (Å²) < 4.78 is 0. The van der Waals surface area contributed by atoms with Gasteiger partial charge in [0.25, 0.3) is 0 Å². The van der Waals surface area contributed by atoms with Gasteiger partial charge in [0.2, 0.25) is 11.8 Å². The highest BCUT2D eigenvalue weighted by atomic mass is 35.5.